The first kappa shape index (κ1) is 7.74. The van der Waals surface area contributed by atoms with Crippen LogP contribution in [0.2, 0.25) is 0 Å². The fourth-order valence-corrected chi connectivity index (χ4v) is 0.417. The summed E-state index contributed by atoms with van der Waals surface area (Å²) in [7, 11) is 1.29. The largest absolute Gasteiger partial charge is 0.464 e. The summed E-state index contributed by atoms with van der Waals surface area (Å²) in [6, 6.07) is 0. The number of rotatable bonds is 1. The lowest BCUT2D eigenvalue weighted by Crippen LogP contribution is -2.11. The Hall–Kier alpha value is -0.260. The molecule has 2 N–H and O–H groups in total. The van der Waals surface area contributed by atoms with Gasteiger partial charge >= 0.3 is 5.97 Å². The van der Waals surface area contributed by atoms with Gasteiger partial charge in [-0.3, -0.25) is 0 Å². The highest BCUT2D eigenvalue weighted by molar-refractivity contribution is 14.1. The molecular weight excluding hydrogens is 221 g/mol. The minimum Gasteiger partial charge on any atom is -0.464 e. The van der Waals surface area contributed by atoms with E-state index < -0.39 is 5.97 Å². The van der Waals surface area contributed by atoms with E-state index in [0.29, 0.717) is 0 Å². The fourth-order valence-electron chi connectivity index (χ4n) is 0.162. The van der Waals surface area contributed by atoms with E-state index in [4.69, 9.17) is 5.73 Å². The molecule has 0 aliphatic carbocycles. The summed E-state index contributed by atoms with van der Waals surface area (Å²) in [4.78, 5) is 10.3. The Balaban J connectivity index is 3.83. The average Bonchev–Trinajstić information content (AvgIpc) is 1.84. The molecule has 0 saturated heterocycles. The second-order valence-corrected chi connectivity index (χ2v) is 1.68. The van der Waals surface area contributed by atoms with Gasteiger partial charge in [0.1, 0.15) is 5.70 Å². The van der Waals surface area contributed by atoms with Crippen molar-refractivity contribution in [2.75, 3.05) is 7.11 Å². The molecule has 0 aliphatic rings. The molecule has 0 fully saturated rings. The molecule has 0 unspecified atom stereocenters. The minimum absolute atomic E-state index is 0.133. The van der Waals surface area contributed by atoms with Gasteiger partial charge < -0.3 is 10.5 Å². The van der Waals surface area contributed by atoms with Crippen molar-refractivity contribution in [3.8, 4) is 0 Å². The lowest BCUT2D eigenvalue weighted by atomic mass is 10.5. The van der Waals surface area contributed by atoms with Crippen molar-refractivity contribution < 1.29 is 9.53 Å². The zero-order chi connectivity index (χ0) is 6.57. The number of methoxy groups -OCH3 is 1. The predicted octanol–water partition coefficient (Wildman–Crippen LogP) is 0.395. The molecule has 0 spiro atoms. The van der Waals surface area contributed by atoms with Gasteiger partial charge in [0.05, 0.1) is 7.11 Å². The molecule has 8 heavy (non-hydrogen) atoms. The molecule has 46 valence electrons. The Morgan fingerprint density at radius 3 is 2.50 bits per heavy atom. The zero-order valence-corrected chi connectivity index (χ0v) is 6.51. The first-order valence-electron chi connectivity index (χ1n) is 1.86. The van der Waals surface area contributed by atoms with E-state index >= 15 is 0 Å². The Labute approximate surface area is 61.0 Å². The molecule has 0 aromatic carbocycles. The Kier molecular flexibility index (Phi) is 3.59. The van der Waals surface area contributed by atoms with Gasteiger partial charge in [-0.2, -0.15) is 0 Å². The molecule has 0 rings (SSSR count). The smallest absolute Gasteiger partial charge is 0.354 e. The number of carbonyl (C=O) groups is 1. The van der Waals surface area contributed by atoms with Crippen molar-refractivity contribution in [3.05, 3.63) is 9.78 Å². The number of hydrogen-bond donors (Lipinski definition) is 1. The van der Waals surface area contributed by atoms with Crippen molar-refractivity contribution in [1.29, 1.82) is 0 Å². The normalized spacial score (nSPS) is 11.0. The summed E-state index contributed by atoms with van der Waals surface area (Å²) in [5, 5.41) is 0. The van der Waals surface area contributed by atoms with Crippen LogP contribution in [0.5, 0.6) is 0 Å². The fraction of sp³-hybridized carbons (Fsp3) is 0.250. The molecule has 0 aliphatic heterocycles. The third-order valence-corrected chi connectivity index (χ3v) is 1.21. The van der Waals surface area contributed by atoms with Crippen LogP contribution >= 0.6 is 22.6 Å². The topological polar surface area (TPSA) is 52.3 Å². The van der Waals surface area contributed by atoms with E-state index in [-0.39, 0.29) is 5.70 Å². The van der Waals surface area contributed by atoms with Crippen molar-refractivity contribution in [2.24, 2.45) is 5.73 Å². The summed E-state index contributed by atoms with van der Waals surface area (Å²) in [5.41, 5.74) is 5.24. The number of carbonyl (C=O) groups excluding carboxylic acids is 1. The van der Waals surface area contributed by atoms with Crippen LogP contribution in [0.15, 0.2) is 9.78 Å². The molecule has 0 heterocycles. The third kappa shape index (κ3) is 2.15. The molecule has 0 bridgehead atoms. The van der Waals surface area contributed by atoms with Crippen LogP contribution in [0.25, 0.3) is 0 Å². The van der Waals surface area contributed by atoms with E-state index in [0.717, 1.165) is 0 Å². The van der Waals surface area contributed by atoms with Gasteiger partial charge in [0.2, 0.25) is 0 Å². The number of ether oxygens (including phenoxy) is 1. The SMILES string of the molecule is COC(=O)/C(N)=C/I. The molecule has 0 atom stereocenters. The monoisotopic (exact) mass is 227 g/mol. The predicted molar refractivity (Wildman–Crippen MR) is 38.3 cm³/mol. The van der Waals surface area contributed by atoms with Crippen LogP contribution in [0.3, 0.4) is 0 Å². The first-order valence-corrected chi connectivity index (χ1v) is 3.11. The molecule has 0 radical (unpaired) electrons. The summed E-state index contributed by atoms with van der Waals surface area (Å²) in [5.74, 6) is -0.487. The van der Waals surface area contributed by atoms with E-state index in [2.05, 4.69) is 4.74 Å². The zero-order valence-electron chi connectivity index (χ0n) is 4.35. The number of nitrogens with two attached hydrogens (primary N) is 1. The Bertz CT molecular complexity index is 121. The van der Waals surface area contributed by atoms with E-state index in [1.165, 1.54) is 11.2 Å². The van der Waals surface area contributed by atoms with Gasteiger partial charge in [-0.15, -0.1) is 0 Å². The van der Waals surface area contributed by atoms with Gasteiger partial charge in [-0.1, -0.05) is 22.6 Å². The standard InChI is InChI=1S/C4H6INO2/c1-8-4(7)3(6)2-5/h2H,6H2,1H3/b3-2-. The third-order valence-electron chi connectivity index (χ3n) is 0.539. The Morgan fingerprint density at radius 1 is 1.88 bits per heavy atom. The summed E-state index contributed by atoms with van der Waals surface area (Å²) in [6.07, 6.45) is 0. The van der Waals surface area contributed by atoms with Crippen molar-refractivity contribution >= 4 is 28.6 Å². The highest BCUT2D eigenvalue weighted by Gasteiger charge is 2.00. The van der Waals surface area contributed by atoms with Crippen molar-refractivity contribution in [2.45, 2.75) is 0 Å². The maximum absolute atomic E-state index is 10.3. The lowest BCUT2D eigenvalue weighted by Gasteiger charge is -1.93. The van der Waals surface area contributed by atoms with Crippen LogP contribution in [-0.2, 0) is 9.53 Å². The van der Waals surface area contributed by atoms with Crippen molar-refractivity contribution in [1.82, 2.24) is 0 Å². The van der Waals surface area contributed by atoms with Crippen LogP contribution < -0.4 is 5.73 Å². The summed E-state index contributed by atoms with van der Waals surface area (Å²) >= 11 is 1.86. The molecule has 0 aromatic heterocycles. The number of halogens is 1. The van der Waals surface area contributed by atoms with Crippen LogP contribution in [0.4, 0.5) is 0 Å². The first-order chi connectivity index (χ1) is 3.72. The van der Waals surface area contributed by atoms with Crippen LogP contribution in [-0.4, -0.2) is 13.1 Å². The minimum atomic E-state index is -0.487. The van der Waals surface area contributed by atoms with Gasteiger partial charge in [0.25, 0.3) is 0 Å². The highest BCUT2D eigenvalue weighted by Crippen LogP contribution is 1.92. The van der Waals surface area contributed by atoms with Crippen LogP contribution in [0.1, 0.15) is 0 Å². The number of hydrogen-bond acceptors (Lipinski definition) is 3. The van der Waals surface area contributed by atoms with E-state index in [9.17, 15) is 4.79 Å². The molecule has 3 nitrogen and oxygen atoms in total. The van der Waals surface area contributed by atoms with Gasteiger partial charge in [-0.25, -0.2) is 4.79 Å². The molecule has 0 amide bonds. The van der Waals surface area contributed by atoms with Gasteiger partial charge in [-0.05, 0) is 0 Å². The Morgan fingerprint density at radius 2 is 2.38 bits per heavy atom. The van der Waals surface area contributed by atoms with Gasteiger partial charge in [0.15, 0.2) is 0 Å². The van der Waals surface area contributed by atoms with E-state index in [1.54, 1.807) is 0 Å². The maximum Gasteiger partial charge on any atom is 0.354 e. The summed E-state index contributed by atoms with van der Waals surface area (Å²) in [6.45, 7) is 0. The maximum atomic E-state index is 10.3. The van der Waals surface area contributed by atoms with E-state index in [1.807, 2.05) is 22.6 Å². The quantitative estimate of drug-likeness (QED) is 0.400. The van der Waals surface area contributed by atoms with Crippen molar-refractivity contribution in [3.63, 3.8) is 0 Å². The molecular formula is C4H6INO2. The molecule has 4 heteroatoms. The number of esters is 1. The summed E-state index contributed by atoms with van der Waals surface area (Å²) < 4.78 is 5.73. The second kappa shape index (κ2) is 3.71. The second-order valence-electron chi connectivity index (χ2n) is 1.06. The van der Waals surface area contributed by atoms with Crippen LogP contribution in [0, 0.1) is 0 Å². The average molecular weight is 227 g/mol. The van der Waals surface area contributed by atoms with Gasteiger partial charge in [0, 0.05) is 4.08 Å². The highest BCUT2D eigenvalue weighted by atomic mass is 127. The molecule has 0 aromatic rings. The lowest BCUT2D eigenvalue weighted by molar-refractivity contribution is -0.136. The molecule has 0 saturated carbocycles.